The van der Waals surface area contributed by atoms with E-state index >= 15 is 0 Å². The molecule has 0 aromatic heterocycles. The Morgan fingerprint density at radius 3 is 1.18 bits per heavy atom. The normalized spacial score (nSPS) is 13.3. The number of hydrogen-bond donors (Lipinski definition) is 4. The van der Waals surface area contributed by atoms with Crippen LogP contribution in [0, 0.1) is 0 Å². The topological polar surface area (TPSA) is 106 Å². The van der Waals surface area contributed by atoms with Crippen molar-refractivity contribution in [1.29, 1.82) is 0 Å². The lowest BCUT2D eigenvalue weighted by molar-refractivity contribution is 0.472. The van der Waals surface area contributed by atoms with E-state index < -0.39 is 12.1 Å². The molecule has 34 heavy (non-hydrogen) atoms. The molecule has 0 amide bonds. The fraction of sp³-hybridized carbons (Fsp3) is 0.0714. The Morgan fingerprint density at radius 2 is 0.824 bits per heavy atom. The summed E-state index contributed by atoms with van der Waals surface area (Å²) >= 11 is 0. The first-order chi connectivity index (χ1) is 16.5. The molecule has 0 aliphatic heterocycles. The van der Waals surface area contributed by atoms with Crippen LogP contribution in [0.5, 0.6) is 23.0 Å². The second-order valence-corrected chi connectivity index (χ2v) is 7.75. The summed E-state index contributed by atoms with van der Waals surface area (Å²) in [5.74, 6) is 0.473. The molecule has 0 bridgehead atoms. The minimum absolute atomic E-state index is 0.106. The summed E-state index contributed by atoms with van der Waals surface area (Å²) in [4.78, 5) is 9.57. The van der Waals surface area contributed by atoms with Crippen molar-refractivity contribution >= 4 is 12.4 Å². The van der Waals surface area contributed by atoms with Gasteiger partial charge in [-0.05, 0) is 59.7 Å². The molecular weight excluding hydrogens is 428 g/mol. The molecule has 0 spiro atoms. The second-order valence-electron chi connectivity index (χ2n) is 7.75. The van der Waals surface area contributed by atoms with Crippen molar-refractivity contribution in [3.8, 4) is 23.0 Å². The average molecular weight is 453 g/mol. The van der Waals surface area contributed by atoms with Gasteiger partial charge in [-0.3, -0.25) is 9.98 Å². The van der Waals surface area contributed by atoms with Gasteiger partial charge in [0.15, 0.2) is 0 Å². The van der Waals surface area contributed by atoms with Gasteiger partial charge < -0.3 is 20.4 Å². The zero-order chi connectivity index (χ0) is 23.9. The minimum atomic E-state index is -0.535. The number of nitrogens with zero attached hydrogens (tertiary/aromatic N) is 2. The zero-order valence-electron chi connectivity index (χ0n) is 18.2. The highest BCUT2D eigenvalue weighted by atomic mass is 16.3. The lowest BCUT2D eigenvalue weighted by Crippen LogP contribution is -2.09. The highest BCUT2D eigenvalue weighted by molar-refractivity contribution is 5.84. The molecule has 0 unspecified atom stereocenters. The number of aromatic hydroxyl groups is 4. The van der Waals surface area contributed by atoms with E-state index in [1.807, 2.05) is 12.1 Å². The maximum Gasteiger partial charge on any atom is 0.124 e. The highest BCUT2D eigenvalue weighted by Gasteiger charge is 2.24. The number of phenols is 4. The Labute approximate surface area is 197 Å². The van der Waals surface area contributed by atoms with Gasteiger partial charge in [-0.1, -0.05) is 48.5 Å². The Balaban J connectivity index is 1.82. The van der Waals surface area contributed by atoms with E-state index in [-0.39, 0.29) is 23.0 Å². The van der Waals surface area contributed by atoms with E-state index in [1.54, 1.807) is 97.4 Å². The molecule has 2 atom stereocenters. The largest absolute Gasteiger partial charge is 0.508 e. The third-order valence-electron chi connectivity index (χ3n) is 5.39. The summed E-state index contributed by atoms with van der Waals surface area (Å²) in [5, 5.41) is 40.0. The smallest absolute Gasteiger partial charge is 0.124 e. The van der Waals surface area contributed by atoms with Crippen molar-refractivity contribution in [2.75, 3.05) is 0 Å². The van der Waals surface area contributed by atoms with Gasteiger partial charge in [-0.15, -0.1) is 0 Å². The number of phenolic OH excluding ortho intramolecular Hbond substituents is 4. The van der Waals surface area contributed by atoms with Crippen molar-refractivity contribution in [2.45, 2.75) is 12.1 Å². The zero-order valence-corrected chi connectivity index (χ0v) is 18.2. The van der Waals surface area contributed by atoms with Gasteiger partial charge in [0.2, 0.25) is 0 Å². The van der Waals surface area contributed by atoms with Crippen LogP contribution in [0.1, 0.15) is 34.3 Å². The first kappa shape index (κ1) is 22.6. The molecule has 0 saturated carbocycles. The fourth-order valence-corrected chi connectivity index (χ4v) is 3.56. The van der Waals surface area contributed by atoms with Crippen LogP contribution in [0.4, 0.5) is 0 Å². The molecule has 6 heteroatoms. The molecule has 0 saturated heterocycles. The van der Waals surface area contributed by atoms with Crippen molar-refractivity contribution in [3.63, 3.8) is 0 Å². The summed E-state index contributed by atoms with van der Waals surface area (Å²) in [6.07, 6.45) is 3.19. The highest BCUT2D eigenvalue weighted by Crippen LogP contribution is 2.37. The lowest BCUT2D eigenvalue weighted by Gasteiger charge is -2.22. The monoisotopic (exact) mass is 452 g/mol. The standard InChI is InChI=1S/C28H24N2O4/c31-23-13-9-19(10-14-23)27(29-17-21-5-1-3-7-25(21)33)28(20-11-15-24(32)16-12-20)30-18-22-6-2-4-8-26(22)34/h1-18,27-28,31-34H/t27-,28+. The quantitative estimate of drug-likeness (QED) is 0.277. The van der Waals surface area contributed by atoms with Crippen molar-refractivity contribution in [2.24, 2.45) is 9.98 Å². The van der Waals surface area contributed by atoms with Crippen LogP contribution in [0.2, 0.25) is 0 Å². The minimum Gasteiger partial charge on any atom is -0.508 e. The SMILES string of the molecule is Oc1ccc([C@@H](N=Cc2ccccc2O)[C@@H](N=Cc2ccccc2O)c2ccc(O)cc2)cc1. The van der Waals surface area contributed by atoms with Crippen LogP contribution in [0.15, 0.2) is 107 Å². The van der Waals surface area contributed by atoms with E-state index in [0.717, 1.165) is 11.1 Å². The van der Waals surface area contributed by atoms with Crippen LogP contribution < -0.4 is 0 Å². The Morgan fingerprint density at radius 1 is 0.471 bits per heavy atom. The maximum atomic E-state index is 10.2. The summed E-state index contributed by atoms with van der Waals surface area (Å²) < 4.78 is 0. The molecule has 6 nitrogen and oxygen atoms in total. The molecule has 0 radical (unpaired) electrons. The van der Waals surface area contributed by atoms with Crippen molar-refractivity contribution in [3.05, 3.63) is 119 Å². The number of para-hydroxylation sites is 2. The van der Waals surface area contributed by atoms with Crippen LogP contribution in [-0.2, 0) is 0 Å². The van der Waals surface area contributed by atoms with Gasteiger partial charge in [-0.25, -0.2) is 0 Å². The number of benzene rings is 4. The van der Waals surface area contributed by atoms with Gasteiger partial charge in [-0.2, -0.15) is 0 Å². The summed E-state index contributed by atoms with van der Waals surface area (Å²) in [7, 11) is 0. The lowest BCUT2D eigenvalue weighted by atomic mass is 9.93. The molecule has 4 aromatic carbocycles. The van der Waals surface area contributed by atoms with Gasteiger partial charge in [0.05, 0.1) is 0 Å². The van der Waals surface area contributed by atoms with Gasteiger partial charge in [0.1, 0.15) is 35.1 Å². The van der Waals surface area contributed by atoms with E-state index in [2.05, 4.69) is 0 Å². The molecule has 0 fully saturated rings. The number of aliphatic imine (C=N–C) groups is 2. The molecule has 4 N–H and O–H groups in total. The van der Waals surface area contributed by atoms with Crippen LogP contribution in [0.25, 0.3) is 0 Å². The van der Waals surface area contributed by atoms with Gasteiger partial charge in [0.25, 0.3) is 0 Å². The molecule has 170 valence electrons. The third kappa shape index (κ3) is 5.42. The molecular formula is C28H24N2O4. The van der Waals surface area contributed by atoms with Crippen LogP contribution >= 0.6 is 0 Å². The van der Waals surface area contributed by atoms with E-state index in [0.29, 0.717) is 11.1 Å². The Kier molecular flexibility index (Phi) is 6.89. The van der Waals surface area contributed by atoms with Crippen LogP contribution in [-0.4, -0.2) is 32.9 Å². The predicted octanol–water partition coefficient (Wildman–Crippen LogP) is 5.53. The van der Waals surface area contributed by atoms with Gasteiger partial charge >= 0.3 is 0 Å². The van der Waals surface area contributed by atoms with E-state index in [9.17, 15) is 20.4 Å². The van der Waals surface area contributed by atoms with Gasteiger partial charge in [0, 0.05) is 23.6 Å². The van der Waals surface area contributed by atoms with Crippen LogP contribution in [0.3, 0.4) is 0 Å². The number of hydrogen-bond acceptors (Lipinski definition) is 6. The second kappa shape index (κ2) is 10.4. The maximum absolute atomic E-state index is 10.2. The molecule has 4 rings (SSSR count). The molecule has 0 heterocycles. The van der Waals surface area contributed by atoms with Crippen molar-refractivity contribution in [1.82, 2.24) is 0 Å². The molecule has 0 aliphatic carbocycles. The Bertz CT molecular complexity index is 1200. The Hall–Kier alpha value is -4.58. The number of rotatable bonds is 7. The fourth-order valence-electron chi connectivity index (χ4n) is 3.56. The summed E-state index contributed by atoms with van der Waals surface area (Å²) in [6, 6.07) is 26.1. The average Bonchev–Trinajstić information content (AvgIpc) is 2.84. The molecule has 0 aliphatic rings. The van der Waals surface area contributed by atoms with E-state index in [1.165, 1.54) is 0 Å². The van der Waals surface area contributed by atoms with E-state index in [4.69, 9.17) is 9.98 Å². The predicted molar refractivity (Wildman–Crippen MR) is 133 cm³/mol. The summed E-state index contributed by atoms with van der Waals surface area (Å²) in [6.45, 7) is 0. The first-order valence-corrected chi connectivity index (χ1v) is 10.7. The third-order valence-corrected chi connectivity index (χ3v) is 5.39. The van der Waals surface area contributed by atoms with Crippen molar-refractivity contribution < 1.29 is 20.4 Å². The summed E-state index contributed by atoms with van der Waals surface area (Å²) in [5.41, 5.74) is 2.69. The first-order valence-electron chi connectivity index (χ1n) is 10.7. The molecule has 4 aromatic rings.